The van der Waals surface area contributed by atoms with Crippen LogP contribution in [0.1, 0.15) is 23.0 Å². The minimum Gasteiger partial charge on any atom is -0.455 e. The first kappa shape index (κ1) is 13.8. The van der Waals surface area contributed by atoms with Crippen molar-refractivity contribution in [2.24, 2.45) is 0 Å². The van der Waals surface area contributed by atoms with E-state index in [4.69, 9.17) is 9.15 Å². The Labute approximate surface area is 121 Å². The van der Waals surface area contributed by atoms with Gasteiger partial charge in [-0.15, -0.1) is 0 Å². The van der Waals surface area contributed by atoms with Gasteiger partial charge in [-0.05, 0) is 23.3 Å². The molecule has 0 amide bonds. The predicted octanol–water partition coefficient (Wildman–Crippen LogP) is 3.80. The Bertz CT molecular complexity index is 764. The van der Waals surface area contributed by atoms with E-state index in [1.165, 1.54) is 6.07 Å². The van der Waals surface area contributed by atoms with Gasteiger partial charge in [-0.25, -0.2) is 4.39 Å². The number of ether oxygens (including phenoxy) is 1. The van der Waals surface area contributed by atoms with Crippen LogP contribution in [-0.4, -0.2) is 12.2 Å². The zero-order chi connectivity index (χ0) is 14.8. The van der Waals surface area contributed by atoms with Gasteiger partial charge in [0.15, 0.2) is 11.4 Å². The summed E-state index contributed by atoms with van der Waals surface area (Å²) in [5, 5.41) is 11.1. The Kier molecular flexibility index (Phi) is 3.73. The van der Waals surface area contributed by atoms with Crippen LogP contribution in [0, 0.1) is 5.82 Å². The van der Waals surface area contributed by atoms with Crippen molar-refractivity contribution in [2.75, 3.05) is 7.11 Å². The Hall–Kier alpha value is -2.17. The number of para-hydroxylation sites is 1. The van der Waals surface area contributed by atoms with Crippen molar-refractivity contribution in [3.63, 3.8) is 0 Å². The number of aliphatic hydroxyl groups is 1. The lowest BCUT2D eigenvalue weighted by Crippen LogP contribution is -1.99. The van der Waals surface area contributed by atoms with Crippen molar-refractivity contribution < 1.29 is 18.7 Å². The van der Waals surface area contributed by atoms with Crippen LogP contribution in [0.4, 0.5) is 4.39 Å². The average Bonchev–Trinajstić information content (AvgIpc) is 2.93. The highest BCUT2D eigenvalue weighted by Gasteiger charge is 2.17. The molecular weight excluding hydrogens is 271 g/mol. The fourth-order valence-corrected chi connectivity index (χ4v) is 2.37. The summed E-state index contributed by atoms with van der Waals surface area (Å²) in [5.41, 5.74) is 1.81. The lowest BCUT2D eigenvalue weighted by Gasteiger charge is -2.09. The topological polar surface area (TPSA) is 42.6 Å². The van der Waals surface area contributed by atoms with Gasteiger partial charge in [0, 0.05) is 12.5 Å². The zero-order valence-electron chi connectivity index (χ0n) is 11.5. The summed E-state index contributed by atoms with van der Waals surface area (Å²) < 4.78 is 24.2. The Balaban J connectivity index is 1.98. The van der Waals surface area contributed by atoms with E-state index in [1.54, 1.807) is 31.4 Å². The second-order valence-electron chi connectivity index (χ2n) is 4.89. The Morgan fingerprint density at radius 1 is 1.19 bits per heavy atom. The second-order valence-corrected chi connectivity index (χ2v) is 4.89. The molecule has 0 saturated heterocycles. The second kappa shape index (κ2) is 5.68. The molecule has 2 aromatic carbocycles. The van der Waals surface area contributed by atoms with Crippen LogP contribution in [0.15, 0.2) is 52.9 Å². The molecule has 3 rings (SSSR count). The molecule has 3 nitrogen and oxygen atoms in total. The molecular formula is C17H15FO3. The van der Waals surface area contributed by atoms with Gasteiger partial charge >= 0.3 is 0 Å². The predicted molar refractivity (Wildman–Crippen MR) is 77.4 cm³/mol. The van der Waals surface area contributed by atoms with Gasteiger partial charge in [0.25, 0.3) is 0 Å². The molecule has 0 radical (unpaired) electrons. The van der Waals surface area contributed by atoms with Crippen molar-refractivity contribution in [1.82, 2.24) is 0 Å². The lowest BCUT2D eigenvalue weighted by molar-refractivity contribution is 0.182. The van der Waals surface area contributed by atoms with E-state index in [0.717, 1.165) is 5.56 Å². The summed E-state index contributed by atoms with van der Waals surface area (Å²) in [4.78, 5) is 0. The van der Waals surface area contributed by atoms with Crippen LogP contribution < -0.4 is 0 Å². The summed E-state index contributed by atoms with van der Waals surface area (Å²) in [7, 11) is 1.62. The molecule has 1 unspecified atom stereocenters. The highest BCUT2D eigenvalue weighted by atomic mass is 19.1. The Morgan fingerprint density at radius 2 is 2.00 bits per heavy atom. The quantitative estimate of drug-likeness (QED) is 0.793. The standard InChI is InChI=1S/C17H15FO3/c1-20-10-11-4-2-5-12(8-11)16(19)15-9-13-6-3-7-14(18)17(13)21-15/h2-9,16,19H,10H2,1H3. The van der Waals surface area contributed by atoms with Crippen molar-refractivity contribution >= 4 is 11.0 Å². The normalized spacial score (nSPS) is 12.7. The van der Waals surface area contributed by atoms with Gasteiger partial charge in [-0.2, -0.15) is 0 Å². The number of fused-ring (bicyclic) bond motifs is 1. The molecule has 0 aliphatic heterocycles. The number of furan rings is 1. The minimum atomic E-state index is -0.936. The molecule has 4 heteroatoms. The largest absolute Gasteiger partial charge is 0.455 e. The molecule has 0 saturated carbocycles. The smallest absolute Gasteiger partial charge is 0.170 e. The SMILES string of the molecule is COCc1cccc(C(O)c2cc3cccc(F)c3o2)c1. The summed E-state index contributed by atoms with van der Waals surface area (Å²) in [6.45, 7) is 0.468. The number of benzene rings is 2. The molecule has 21 heavy (non-hydrogen) atoms. The molecule has 0 aliphatic rings. The van der Waals surface area contributed by atoms with Gasteiger partial charge in [0.1, 0.15) is 11.9 Å². The summed E-state index contributed by atoms with van der Waals surface area (Å²) >= 11 is 0. The number of methoxy groups -OCH3 is 1. The monoisotopic (exact) mass is 286 g/mol. The van der Waals surface area contributed by atoms with E-state index in [9.17, 15) is 9.50 Å². The molecule has 1 atom stereocenters. The van der Waals surface area contributed by atoms with Crippen LogP contribution >= 0.6 is 0 Å². The molecule has 3 aromatic rings. The van der Waals surface area contributed by atoms with Gasteiger partial charge in [0.2, 0.25) is 0 Å². The number of halogens is 1. The maximum absolute atomic E-state index is 13.6. The van der Waals surface area contributed by atoms with E-state index >= 15 is 0 Å². The van der Waals surface area contributed by atoms with Crippen LogP contribution in [0.25, 0.3) is 11.0 Å². The maximum Gasteiger partial charge on any atom is 0.170 e. The lowest BCUT2D eigenvalue weighted by atomic mass is 10.0. The van der Waals surface area contributed by atoms with E-state index in [2.05, 4.69) is 0 Å². The summed E-state index contributed by atoms with van der Waals surface area (Å²) in [5.74, 6) is -0.108. The van der Waals surface area contributed by atoms with Gasteiger partial charge in [-0.1, -0.05) is 36.4 Å². The third-order valence-electron chi connectivity index (χ3n) is 3.36. The van der Waals surface area contributed by atoms with Gasteiger partial charge < -0.3 is 14.3 Å². The van der Waals surface area contributed by atoms with Crippen LogP contribution in [0.2, 0.25) is 0 Å². The fourth-order valence-electron chi connectivity index (χ4n) is 2.37. The van der Waals surface area contributed by atoms with Crippen LogP contribution in [0.3, 0.4) is 0 Å². The van der Waals surface area contributed by atoms with Gasteiger partial charge in [0.05, 0.1) is 6.61 Å². The van der Waals surface area contributed by atoms with E-state index in [0.29, 0.717) is 23.3 Å². The molecule has 1 N–H and O–H groups in total. The fraction of sp³-hybridized carbons (Fsp3) is 0.176. The first-order valence-electron chi connectivity index (χ1n) is 6.63. The number of aliphatic hydroxyl groups excluding tert-OH is 1. The summed E-state index contributed by atoms with van der Waals surface area (Å²) in [6.07, 6.45) is -0.936. The Morgan fingerprint density at radius 3 is 2.76 bits per heavy atom. The van der Waals surface area contributed by atoms with Gasteiger partial charge in [-0.3, -0.25) is 0 Å². The van der Waals surface area contributed by atoms with Crippen LogP contribution in [0.5, 0.6) is 0 Å². The van der Waals surface area contributed by atoms with E-state index in [-0.39, 0.29) is 5.58 Å². The number of hydrogen-bond acceptors (Lipinski definition) is 3. The first-order valence-corrected chi connectivity index (χ1v) is 6.63. The third-order valence-corrected chi connectivity index (χ3v) is 3.36. The average molecular weight is 286 g/mol. The van der Waals surface area contributed by atoms with Crippen LogP contribution in [-0.2, 0) is 11.3 Å². The molecule has 0 fully saturated rings. The van der Waals surface area contributed by atoms with E-state index in [1.807, 2.05) is 18.2 Å². The number of rotatable bonds is 4. The molecule has 1 aromatic heterocycles. The van der Waals surface area contributed by atoms with Crippen molar-refractivity contribution in [2.45, 2.75) is 12.7 Å². The molecule has 0 spiro atoms. The van der Waals surface area contributed by atoms with Crippen molar-refractivity contribution in [3.8, 4) is 0 Å². The maximum atomic E-state index is 13.6. The molecule has 0 bridgehead atoms. The van der Waals surface area contributed by atoms with Crippen molar-refractivity contribution in [1.29, 1.82) is 0 Å². The highest BCUT2D eigenvalue weighted by Crippen LogP contribution is 2.29. The van der Waals surface area contributed by atoms with E-state index < -0.39 is 11.9 Å². The summed E-state index contributed by atoms with van der Waals surface area (Å²) in [6, 6.07) is 13.8. The first-order chi connectivity index (χ1) is 10.2. The zero-order valence-corrected chi connectivity index (χ0v) is 11.5. The molecule has 108 valence electrons. The molecule has 1 heterocycles. The minimum absolute atomic E-state index is 0.166. The van der Waals surface area contributed by atoms with Crippen molar-refractivity contribution in [3.05, 3.63) is 71.2 Å². The third kappa shape index (κ3) is 2.68. The molecule has 0 aliphatic carbocycles. The number of hydrogen-bond donors (Lipinski definition) is 1. The highest BCUT2D eigenvalue weighted by molar-refractivity contribution is 5.78.